The van der Waals surface area contributed by atoms with Crippen molar-refractivity contribution < 1.29 is 4.39 Å². The molecule has 0 aliphatic heterocycles. The summed E-state index contributed by atoms with van der Waals surface area (Å²) in [7, 11) is 0. The van der Waals surface area contributed by atoms with Crippen LogP contribution in [0.4, 0.5) is 10.1 Å². The molecular weight excluding hydrogens is 299 g/mol. The van der Waals surface area contributed by atoms with Crippen LogP contribution in [0.3, 0.4) is 0 Å². The van der Waals surface area contributed by atoms with Gasteiger partial charge in [-0.2, -0.15) is 0 Å². The molecule has 0 atom stereocenters. The highest BCUT2D eigenvalue weighted by molar-refractivity contribution is 5.47. The van der Waals surface area contributed by atoms with Gasteiger partial charge in [0.05, 0.1) is 0 Å². The third kappa shape index (κ3) is 5.97. The first-order valence-electron chi connectivity index (χ1n) is 8.90. The van der Waals surface area contributed by atoms with E-state index in [4.69, 9.17) is 5.73 Å². The van der Waals surface area contributed by atoms with Crippen molar-refractivity contribution in [3.63, 3.8) is 0 Å². The zero-order chi connectivity index (χ0) is 17.4. The largest absolute Gasteiger partial charge is 0.399 e. The molecule has 0 saturated carbocycles. The monoisotopic (exact) mass is 328 g/mol. The molecule has 0 aromatic heterocycles. The number of aryl methyl sites for hydroxylation is 2. The summed E-state index contributed by atoms with van der Waals surface area (Å²) in [6.45, 7) is 7.56. The fourth-order valence-corrected chi connectivity index (χ4v) is 2.99. The molecule has 0 heterocycles. The van der Waals surface area contributed by atoms with Crippen LogP contribution >= 0.6 is 0 Å². The van der Waals surface area contributed by atoms with Gasteiger partial charge >= 0.3 is 0 Å². The van der Waals surface area contributed by atoms with E-state index >= 15 is 0 Å². The highest BCUT2D eigenvalue weighted by atomic mass is 19.1. The summed E-state index contributed by atoms with van der Waals surface area (Å²) in [5.41, 5.74) is 10.5. The second-order valence-corrected chi connectivity index (χ2v) is 6.51. The Kier molecular flexibility index (Phi) is 7.26. The molecule has 2 aromatic carbocycles. The maximum Gasteiger partial charge on any atom is 0.123 e. The van der Waals surface area contributed by atoms with Gasteiger partial charge in [-0.05, 0) is 80.6 Å². The summed E-state index contributed by atoms with van der Waals surface area (Å²) < 4.78 is 12.9. The smallest absolute Gasteiger partial charge is 0.123 e. The Balaban J connectivity index is 1.80. The van der Waals surface area contributed by atoms with Gasteiger partial charge in [0.2, 0.25) is 0 Å². The van der Waals surface area contributed by atoms with Crippen molar-refractivity contribution in [1.29, 1.82) is 0 Å². The average molecular weight is 328 g/mol. The molecule has 130 valence electrons. The zero-order valence-electron chi connectivity index (χ0n) is 14.9. The van der Waals surface area contributed by atoms with E-state index in [1.165, 1.54) is 11.1 Å². The van der Waals surface area contributed by atoms with Gasteiger partial charge in [-0.1, -0.05) is 31.2 Å². The van der Waals surface area contributed by atoms with Crippen LogP contribution in [0.1, 0.15) is 36.5 Å². The number of hydrogen-bond acceptors (Lipinski definition) is 2. The van der Waals surface area contributed by atoms with Gasteiger partial charge in [0.15, 0.2) is 0 Å². The van der Waals surface area contributed by atoms with Crippen LogP contribution in [-0.4, -0.2) is 24.5 Å². The van der Waals surface area contributed by atoms with Crippen molar-refractivity contribution >= 4 is 5.69 Å². The van der Waals surface area contributed by atoms with Crippen LogP contribution in [0.25, 0.3) is 0 Å². The van der Waals surface area contributed by atoms with Crippen LogP contribution < -0.4 is 5.73 Å². The number of nitrogen functional groups attached to an aromatic ring is 1. The highest BCUT2D eigenvalue weighted by Gasteiger charge is 2.05. The lowest BCUT2D eigenvalue weighted by atomic mass is 10.1. The van der Waals surface area contributed by atoms with Crippen LogP contribution in [0.2, 0.25) is 0 Å². The van der Waals surface area contributed by atoms with E-state index in [-0.39, 0.29) is 5.82 Å². The second-order valence-electron chi connectivity index (χ2n) is 6.51. The lowest BCUT2D eigenvalue weighted by Gasteiger charge is -2.22. The molecule has 0 radical (unpaired) electrons. The zero-order valence-corrected chi connectivity index (χ0v) is 14.9. The normalized spacial score (nSPS) is 11.2. The van der Waals surface area contributed by atoms with E-state index < -0.39 is 0 Å². The first-order chi connectivity index (χ1) is 11.6. The van der Waals surface area contributed by atoms with Gasteiger partial charge < -0.3 is 10.6 Å². The summed E-state index contributed by atoms with van der Waals surface area (Å²) in [5, 5.41) is 0. The molecule has 2 rings (SSSR count). The Morgan fingerprint density at radius 2 is 1.62 bits per heavy atom. The quantitative estimate of drug-likeness (QED) is 0.681. The van der Waals surface area contributed by atoms with Crippen molar-refractivity contribution in [2.45, 2.75) is 39.5 Å². The van der Waals surface area contributed by atoms with Crippen LogP contribution in [0, 0.1) is 12.7 Å². The van der Waals surface area contributed by atoms with Gasteiger partial charge in [-0.3, -0.25) is 0 Å². The van der Waals surface area contributed by atoms with Gasteiger partial charge in [-0.25, -0.2) is 4.39 Å². The Morgan fingerprint density at radius 1 is 0.917 bits per heavy atom. The van der Waals surface area contributed by atoms with Gasteiger partial charge in [0.25, 0.3) is 0 Å². The summed E-state index contributed by atoms with van der Waals surface area (Å²) in [6.07, 6.45) is 4.32. The average Bonchev–Trinajstić information content (AvgIpc) is 2.57. The molecule has 2 nitrogen and oxygen atoms in total. The van der Waals surface area contributed by atoms with E-state index in [1.54, 1.807) is 12.1 Å². The van der Waals surface area contributed by atoms with E-state index in [0.29, 0.717) is 0 Å². The van der Waals surface area contributed by atoms with Gasteiger partial charge in [0, 0.05) is 12.2 Å². The van der Waals surface area contributed by atoms with E-state index in [2.05, 4.69) is 30.9 Å². The molecular formula is C21H29FN2. The number of nitrogens with two attached hydrogens (primary N) is 1. The van der Waals surface area contributed by atoms with E-state index in [1.807, 2.05) is 18.2 Å². The first-order valence-corrected chi connectivity index (χ1v) is 8.90. The molecule has 0 bridgehead atoms. The van der Waals surface area contributed by atoms with Crippen LogP contribution in [0.5, 0.6) is 0 Å². The van der Waals surface area contributed by atoms with E-state index in [0.717, 1.165) is 56.6 Å². The molecule has 0 unspecified atom stereocenters. The van der Waals surface area contributed by atoms with Crippen LogP contribution in [0.15, 0.2) is 42.5 Å². The third-order valence-corrected chi connectivity index (χ3v) is 4.44. The Bertz CT molecular complexity index is 622. The van der Waals surface area contributed by atoms with Gasteiger partial charge in [-0.15, -0.1) is 0 Å². The molecule has 0 spiro atoms. The van der Waals surface area contributed by atoms with Crippen molar-refractivity contribution in [2.24, 2.45) is 0 Å². The summed E-state index contributed by atoms with van der Waals surface area (Å²) in [6, 6.07) is 13.2. The maximum atomic E-state index is 12.9. The SMILES string of the molecule is CCCN(CCCc1ccc(F)cc1)CCc1ccc(N)c(C)c1. The molecule has 2 N–H and O–H groups in total. The molecule has 3 heteroatoms. The maximum absolute atomic E-state index is 12.9. The standard InChI is InChI=1S/C21H29FN2/c1-3-13-24(14-4-5-18-6-9-20(22)10-7-18)15-12-19-8-11-21(23)17(2)16-19/h6-11,16H,3-5,12-15,23H2,1-2H3. The predicted molar refractivity (Wildman–Crippen MR) is 101 cm³/mol. The lowest BCUT2D eigenvalue weighted by Crippen LogP contribution is -2.28. The summed E-state index contributed by atoms with van der Waals surface area (Å²) in [4.78, 5) is 2.52. The number of benzene rings is 2. The van der Waals surface area contributed by atoms with E-state index in [9.17, 15) is 4.39 Å². The highest BCUT2D eigenvalue weighted by Crippen LogP contribution is 2.14. The number of anilines is 1. The van der Waals surface area contributed by atoms with Gasteiger partial charge in [0.1, 0.15) is 5.82 Å². The minimum Gasteiger partial charge on any atom is -0.399 e. The topological polar surface area (TPSA) is 29.3 Å². The fourth-order valence-electron chi connectivity index (χ4n) is 2.99. The minimum absolute atomic E-state index is 0.162. The fraction of sp³-hybridized carbons (Fsp3) is 0.429. The first kappa shape index (κ1) is 18.5. The third-order valence-electron chi connectivity index (χ3n) is 4.44. The number of nitrogens with zero attached hydrogens (tertiary/aromatic N) is 1. The summed E-state index contributed by atoms with van der Waals surface area (Å²) in [5.74, 6) is -0.162. The predicted octanol–water partition coefficient (Wildman–Crippen LogP) is 4.60. The minimum atomic E-state index is -0.162. The summed E-state index contributed by atoms with van der Waals surface area (Å²) >= 11 is 0. The Labute approximate surface area is 145 Å². The number of halogens is 1. The lowest BCUT2D eigenvalue weighted by molar-refractivity contribution is 0.274. The molecule has 0 aliphatic rings. The molecule has 0 saturated heterocycles. The second kappa shape index (κ2) is 9.43. The molecule has 0 aliphatic carbocycles. The Morgan fingerprint density at radius 3 is 2.29 bits per heavy atom. The van der Waals surface area contributed by atoms with Crippen molar-refractivity contribution in [3.05, 3.63) is 65.0 Å². The Hall–Kier alpha value is -1.87. The number of rotatable bonds is 9. The van der Waals surface area contributed by atoms with Crippen molar-refractivity contribution in [2.75, 3.05) is 25.4 Å². The van der Waals surface area contributed by atoms with Crippen molar-refractivity contribution in [1.82, 2.24) is 4.90 Å². The van der Waals surface area contributed by atoms with Crippen LogP contribution in [-0.2, 0) is 12.8 Å². The molecule has 0 fully saturated rings. The number of hydrogen-bond donors (Lipinski definition) is 1. The molecule has 0 amide bonds. The van der Waals surface area contributed by atoms with Crippen molar-refractivity contribution in [3.8, 4) is 0 Å². The molecule has 24 heavy (non-hydrogen) atoms. The molecule has 2 aromatic rings.